The van der Waals surface area contributed by atoms with E-state index in [9.17, 15) is 10.1 Å². The Labute approximate surface area is 125 Å². The van der Waals surface area contributed by atoms with Crippen LogP contribution >= 0.6 is 15.9 Å². The lowest BCUT2D eigenvalue weighted by Gasteiger charge is -2.28. The van der Waals surface area contributed by atoms with Gasteiger partial charge in [-0.25, -0.2) is 0 Å². The van der Waals surface area contributed by atoms with Gasteiger partial charge in [0.05, 0.1) is 9.40 Å². The van der Waals surface area contributed by atoms with Crippen LogP contribution in [0.25, 0.3) is 0 Å². The van der Waals surface area contributed by atoms with Crippen molar-refractivity contribution < 1.29 is 4.92 Å². The zero-order chi connectivity index (χ0) is 14.1. The van der Waals surface area contributed by atoms with Crippen molar-refractivity contribution in [2.75, 3.05) is 18.0 Å². The first-order valence-electron chi connectivity index (χ1n) is 6.94. The molecule has 1 aliphatic carbocycles. The minimum atomic E-state index is -0.343. The van der Waals surface area contributed by atoms with E-state index in [4.69, 9.17) is 0 Å². The standard InChI is InChI=1S/C13H17BrN4O2/c14-11-6-15-7-12(18(19)20)13(11)17(10-3-4-10)8-9-2-1-5-16-9/h6-7,9-10,16H,1-5,8H2. The van der Waals surface area contributed by atoms with Crippen LogP contribution in [0.2, 0.25) is 0 Å². The second-order valence-electron chi connectivity index (χ2n) is 5.42. The highest BCUT2D eigenvalue weighted by Gasteiger charge is 2.36. The molecule has 0 spiro atoms. The molecule has 2 fully saturated rings. The Balaban J connectivity index is 1.92. The van der Waals surface area contributed by atoms with Gasteiger partial charge in [-0.15, -0.1) is 0 Å². The van der Waals surface area contributed by atoms with Crippen LogP contribution in [-0.4, -0.2) is 35.1 Å². The lowest BCUT2D eigenvalue weighted by molar-refractivity contribution is -0.384. The fourth-order valence-electron chi connectivity index (χ4n) is 2.79. The maximum Gasteiger partial charge on any atom is 0.311 e. The molecule has 1 saturated heterocycles. The zero-order valence-corrected chi connectivity index (χ0v) is 12.7. The number of aromatic nitrogens is 1. The predicted molar refractivity (Wildman–Crippen MR) is 80.0 cm³/mol. The van der Waals surface area contributed by atoms with Crippen LogP contribution in [0.3, 0.4) is 0 Å². The number of hydrogen-bond acceptors (Lipinski definition) is 5. The largest absolute Gasteiger partial charge is 0.360 e. The Bertz CT molecular complexity index is 515. The van der Waals surface area contributed by atoms with E-state index in [0.717, 1.165) is 32.4 Å². The van der Waals surface area contributed by atoms with E-state index in [1.54, 1.807) is 6.20 Å². The van der Waals surface area contributed by atoms with Gasteiger partial charge in [0.25, 0.3) is 0 Å². The summed E-state index contributed by atoms with van der Waals surface area (Å²) in [7, 11) is 0. The first kappa shape index (κ1) is 13.8. The van der Waals surface area contributed by atoms with Gasteiger partial charge < -0.3 is 10.2 Å². The van der Waals surface area contributed by atoms with Crippen molar-refractivity contribution in [1.29, 1.82) is 0 Å². The summed E-state index contributed by atoms with van der Waals surface area (Å²) in [5.74, 6) is 0. The van der Waals surface area contributed by atoms with Crippen LogP contribution < -0.4 is 10.2 Å². The molecule has 1 aromatic heterocycles. The third-order valence-electron chi connectivity index (χ3n) is 3.90. The number of anilines is 1. The van der Waals surface area contributed by atoms with Crippen LogP contribution in [0.1, 0.15) is 25.7 Å². The second kappa shape index (κ2) is 5.65. The van der Waals surface area contributed by atoms with E-state index in [2.05, 4.69) is 31.1 Å². The highest BCUT2D eigenvalue weighted by atomic mass is 79.9. The van der Waals surface area contributed by atoms with Gasteiger partial charge in [0.2, 0.25) is 0 Å². The van der Waals surface area contributed by atoms with E-state index in [-0.39, 0.29) is 10.6 Å². The van der Waals surface area contributed by atoms with E-state index in [1.807, 2.05) is 0 Å². The van der Waals surface area contributed by atoms with Gasteiger partial charge in [-0.2, -0.15) is 0 Å². The highest BCUT2D eigenvalue weighted by Crippen LogP contribution is 2.41. The maximum absolute atomic E-state index is 11.3. The van der Waals surface area contributed by atoms with Crippen LogP contribution in [0.4, 0.5) is 11.4 Å². The Morgan fingerprint density at radius 3 is 2.85 bits per heavy atom. The number of pyridine rings is 1. The van der Waals surface area contributed by atoms with Gasteiger partial charge in [-0.3, -0.25) is 15.1 Å². The molecule has 3 rings (SSSR count). The molecule has 1 N–H and O–H groups in total. The number of nitrogens with zero attached hydrogens (tertiary/aromatic N) is 3. The molecule has 6 nitrogen and oxygen atoms in total. The van der Waals surface area contributed by atoms with E-state index in [0.29, 0.717) is 22.2 Å². The zero-order valence-electron chi connectivity index (χ0n) is 11.1. The second-order valence-corrected chi connectivity index (χ2v) is 6.28. The number of hydrogen-bond donors (Lipinski definition) is 1. The molecule has 1 aliphatic heterocycles. The van der Waals surface area contributed by atoms with Crippen molar-refractivity contribution in [3.05, 3.63) is 27.0 Å². The summed E-state index contributed by atoms with van der Waals surface area (Å²) < 4.78 is 0.705. The van der Waals surface area contributed by atoms with Crippen molar-refractivity contribution in [3.8, 4) is 0 Å². The van der Waals surface area contributed by atoms with Crippen molar-refractivity contribution in [2.45, 2.75) is 37.8 Å². The van der Waals surface area contributed by atoms with Crippen LogP contribution in [0.15, 0.2) is 16.9 Å². The summed E-state index contributed by atoms with van der Waals surface area (Å²) in [5.41, 5.74) is 0.769. The Morgan fingerprint density at radius 2 is 2.25 bits per heavy atom. The third-order valence-corrected chi connectivity index (χ3v) is 4.48. The summed E-state index contributed by atoms with van der Waals surface area (Å²) in [4.78, 5) is 17.0. The Kier molecular flexibility index (Phi) is 3.89. The van der Waals surface area contributed by atoms with Crippen molar-refractivity contribution in [3.63, 3.8) is 0 Å². The fraction of sp³-hybridized carbons (Fsp3) is 0.615. The van der Waals surface area contributed by atoms with Gasteiger partial charge in [-0.1, -0.05) is 0 Å². The lowest BCUT2D eigenvalue weighted by Crippen LogP contribution is -2.39. The fourth-order valence-corrected chi connectivity index (χ4v) is 3.34. The number of halogens is 1. The molecular weight excluding hydrogens is 324 g/mol. The molecule has 1 saturated carbocycles. The monoisotopic (exact) mass is 340 g/mol. The number of nitro groups is 1. The molecule has 1 atom stereocenters. The molecule has 1 unspecified atom stereocenters. The van der Waals surface area contributed by atoms with E-state index < -0.39 is 0 Å². The summed E-state index contributed by atoms with van der Waals surface area (Å²) in [6.07, 6.45) is 7.52. The van der Waals surface area contributed by atoms with Crippen LogP contribution in [0.5, 0.6) is 0 Å². The minimum Gasteiger partial charge on any atom is -0.360 e. The predicted octanol–water partition coefficient (Wildman–Crippen LogP) is 2.47. The molecule has 1 aromatic rings. The van der Waals surface area contributed by atoms with Gasteiger partial charge in [0.15, 0.2) is 0 Å². The molecule has 0 aromatic carbocycles. The van der Waals surface area contributed by atoms with Gasteiger partial charge in [0.1, 0.15) is 11.9 Å². The number of nitrogens with one attached hydrogen (secondary N) is 1. The average Bonchev–Trinajstić information content (AvgIpc) is 3.13. The molecule has 7 heteroatoms. The van der Waals surface area contributed by atoms with Crippen molar-refractivity contribution >= 4 is 27.3 Å². The topological polar surface area (TPSA) is 71.3 Å². The molecule has 0 radical (unpaired) electrons. The lowest BCUT2D eigenvalue weighted by atomic mass is 10.2. The van der Waals surface area contributed by atoms with Crippen molar-refractivity contribution in [1.82, 2.24) is 10.3 Å². The van der Waals surface area contributed by atoms with Gasteiger partial charge in [-0.05, 0) is 48.2 Å². The Hall–Kier alpha value is -1.21. The molecule has 108 valence electrons. The first-order chi connectivity index (χ1) is 9.66. The quantitative estimate of drug-likeness (QED) is 0.658. The van der Waals surface area contributed by atoms with Crippen LogP contribution in [-0.2, 0) is 0 Å². The molecule has 2 aliphatic rings. The summed E-state index contributed by atoms with van der Waals surface area (Å²) in [5, 5.41) is 14.7. The summed E-state index contributed by atoms with van der Waals surface area (Å²) >= 11 is 3.43. The Morgan fingerprint density at radius 1 is 1.45 bits per heavy atom. The maximum atomic E-state index is 11.3. The molecular formula is C13H17BrN4O2. The molecule has 0 bridgehead atoms. The number of rotatable bonds is 5. The third kappa shape index (κ3) is 2.78. The van der Waals surface area contributed by atoms with Gasteiger partial charge >= 0.3 is 5.69 Å². The summed E-state index contributed by atoms with van der Waals surface area (Å²) in [6, 6.07) is 0.852. The molecule has 2 heterocycles. The SMILES string of the molecule is O=[N+]([O-])c1cncc(Br)c1N(CC1CCCN1)C1CC1. The smallest absolute Gasteiger partial charge is 0.311 e. The molecule has 20 heavy (non-hydrogen) atoms. The van der Waals surface area contributed by atoms with E-state index in [1.165, 1.54) is 12.6 Å². The van der Waals surface area contributed by atoms with E-state index >= 15 is 0 Å². The first-order valence-corrected chi connectivity index (χ1v) is 7.74. The normalized spacial score (nSPS) is 21.9. The van der Waals surface area contributed by atoms with Crippen molar-refractivity contribution in [2.24, 2.45) is 0 Å². The van der Waals surface area contributed by atoms with Gasteiger partial charge in [0, 0.05) is 24.8 Å². The minimum absolute atomic E-state index is 0.0873. The van der Waals surface area contributed by atoms with Crippen LogP contribution in [0, 0.1) is 10.1 Å². The highest BCUT2D eigenvalue weighted by molar-refractivity contribution is 9.10. The average molecular weight is 341 g/mol. The summed E-state index contributed by atoms with van der Waals surface area (Å²) in [6.45, 7) is 1.87. The molecule has 0 amide bonds.